The molecule has 1 aliphatic heterocycles. The van der Waals surface area contributed by atoms with Crippen LogP contribution in [0.4, 0.5) is 13.2 Å². The number of ether oxygens (including phenoxy) is 2. The van der Waals surface area contributed by atoms with Gasteiger partial charge in [-0.2, -0.15) is 13.2 Å². The first-order valence-electron chi connectivity index (χ1n) is 10.7. The molecule has 0 unspecified atom stereocenters. The number of piperidine rings is 1. The third-order valence-electron chi connectivity index (χ3n) is 6.25. The number of fused-ring (bicyclic) bond motifs is 1. The van der Waals surface area contributed by atoms with E-state index in [1.165, 1.54) is 26.4 Å². The minimum Gasteiger partial charge on any atom is -0.496 e. The zero-order valence-electron chi connectivity index (χ0n) is 19.0. The van der Waals surface area contributed by atoms with Gasteiger partial charge in [0.25, 0.3) is 0 Å². The van der Waals surface area contributed by atoms with Crippen molar-refractivity contribution < 1.29 is 27.1 Å². The third-order valence-corrected chi connectivity index (χ3v) is 6.25. The fourth-order valence-corrected chi connectivity index (χ4v) is 4.53. The number of hydrogen-bond donors (Lipinski definition) is 0. The maximum atomic E-state index is 13.6. The van der Waals surface area contributed by atoms with Crippen LogP contribution in [-0.4, -0.2) is 39.3 Å². The van der Waals surface area contributed by atoms with Gasteiger partial charge in [-0.3, -0.25) is 4.79 Å². The van der Waals surface area contributed by atoms with Crippen LogP contribution in [0.15, 0.2) is 39.5 Å². The molecule has 0 amide bonds. The van der Waals surface area contributed by atoms with E-state index in [2.05, 4.69) is 11.9 Å². The number of halogens is 3. The van der Waals surface area contributed by atoms with E-state index < -0.39 is 17.2 Å². The summed E-state index contributed by atoms with van der Waals surface area (Å²) in [4.78, 5) is 15.6. The first kappa shape index (κ1) is 23.2. The van der Waals surface area contributed by atoms with Gasteiger partial charge < -0.3 is 18.8 Å². The number of alkyl halides is 3. The molecule has 2 aromatic carbocycles. The van der Waals surface area contributed by atoms with E-state index in [0.717, 1.165) is 43.1 Å². The lowest BCUT2D eigenvalue weighted by Gasteiger charge is -2.29. The summed E-state index contributed by atoms with van der Waals surface area (Å²) in [5.74, 6) is -0.271. The summed E-state index contributed by atoms with van der Waals surface area (Å²) in [5, 5.41) is 0.370. The van der Waals surface area contributed by atoms with E-state index >= 15 is 0 Å². The van der Waals surface area contributed by atoms with E-state index in [-0.39, 0.29) is 28.7 Å². The van der Waals surface area contributed by atoms with Crippen molar-refractivity contribution in [2.75, 3.05) is 34.4 Å². The number of benzene rings is 2. The monoisotopic (exact) mass is 461 g/mol. The van der Waals surface area contributed by atoms with Gasteiger partial charge >= 0.3 is 6.18 Å². The molecule has 1 aromatic heterocycles. The SMILES string of the molecule is COc1ccc(-c2oc3c(C4CCN(C)CC4)cc(C)cc3c(=O)c2OC)cc1C(F)(F)F. The number of nitrogens with zero attached hydrogens (tertiary/aromatic N) is 1. The average Bonchev–Trinajstić information content (AvgIpc) is 2.78. The summed E-state index contributed by atoms with van der Waals surface area (Å²) < 4.78 is 57.3. The molecule has 0 aliphatic carbocycles. The number of aryl methyl sites for hydroxylation is 1. The second kappa shape index (κ2) is 8.74. The van der Waals surface area contributed by atoms with Crippen molar-refractivity contribution in [3.8, 4) is 22.8 Å². The molecule has 0 atom stereocenters. The summed E-state index contributed by atoms with van der Waals surface area (Å²) in [6.07, 6.45) is -2.83. The topological polar surface area (TPSA) is 51.9 Å². The lowest BCUT2D eigenvalue weighted by Crippen LogP contribution is -2.29. The quantitative estimate of drug-likeness (QED) is 0.505. The molecule has 0 saturated carbocycles. The normalized spacial score (nSPS) is 15.7. The smallest absolute Gasteiger partial charge is 0.419 e. The van der Waals surface area contributed by atoms with E-state index in [1.807, 2.05) is 13.0 Å². The molecule has 0 spiro atoms. The number of methoxy groups -OCH3 is 2. The van der Waals surface area contributed by atoms with E-state index in [0.29, 0.717) is 11.0 Å². The van der Waals surface area contributed by atoms with Crippen LogP contribution in [0.2, 0.25) is 0 Å². The van der Waals surface area contributed by atoms with E-state index in [4.69, 9.17) is 13.9 Å². The van der Waals surface area contributed by atoms with Crippen molar-refractivity contribution in [3.63, 3.8) is 0 Å². The molecule has 33 heavy (non-hydrogen) atoms. The van der Waals surface area contributed by atoms with Crippen LogP contribution in [0.1, 0.15) is 35.4 Å². The summed E-state index contributed by atoms with van der Waals surface area (Å²) >= 11 is 0. The summed E-state index contributed by atoms with van der Waals surface area (Å²) in [7, 11) is 4.55. The summed E-state index contributed by atoms with van der Waals surface area (Å²) in [5.41, 5.74) is 0.961. The highest BCUT2D eigenvalue weighted by molar-refractivity contribution is 5.85. The molecule has 1 saturated heterocycles. The largest absolute Gasteiger partial charge is 0.496 e. The van der Waals surface area contributed by atoms with Crippen LogP contribution in [-0.2, 0) is 6.18 Å². The van der Waals surface area contributed by atoms with Crippen molar-refractivity contribution >= 4 is 11.0 Å². The zero-order chi connectivity index (χ0) is 23.9. The lowest BCUT2D eigenvalue weighted by molar-refractivity contribution is -0.138. The van der Waals surface area contributed by atoms with E-state index in [9.17, 15) is 18.0 Å². The second-order valence-corrected chi connectivity index (χ2v) is 8.51. The van der Waals surface area contributed by atoms with Crippen molar-refractivity contribution in [1.29, 1.82) is 0 Å². The van der Waals surface area contributed by atoms with Gasteiger partial charge in [0, 0.05) is 5.56 Å². The van der Waals surface area contributed by atoms with Gasteiger partial charge in [0.1, 0.15) is 11.3 Å². The Balaban J connectivity index is 1.97. The summed E-state index contributed by atoms with van der Waals surface area (Å²) in [6, 6.07) is 7.32. The average molecular weight is 461 g/mol. The first-order valence-corrected chi connectivity index (χ1v) is 10.7. The highest BCUT2D eigenvalue weighted by Gasteiger charge is 2.35. The Labute approximate surface area is 189 Å². The van der Waals surface area contributed by atoms with Crippen molar-refractivity contribution in [2.24, 2.45) is 0 Å². The van der Waals surface area contributed by atoms with Gasteiger partial charge in [0.05, 0.1) is 25.2 Å². The predicted octanol–water partition coefficient (Wildman–Crippen LogP) is 5.61. The summed E-state index contributed by atoms with van der Waals surface area (Å²) in [6.45, 7) is 3.75. The third kappa shape index (κ3) is 4.31. The van der Waals surface area contributed by atoms with Gasteiger partial charge in [-0.1, -0.05) is 6.07 Å². The van der Waals surface area contributed by atoms with Gasteiger partial charge in [0.15, 0.2) is 5.76 Å². The minimum atomic E-state index is -4.64. The number of rotatable bonds is 4. The maximum Gasteiger partial charge on any atom is 0.419 e. The maximum absolute atomic E-state index is 13.6. The Kier molecular flexibility index (Phi) is 6.14. The Morgan fingerprint density at radius 1 is 1.06 bits per heavy atom. The molecule has 3 aromatic rings. The predicted molar refractivity (Wildman–Crippen MR) is 120 cm³/mol. The van der Waals surface area contributed by atoms with E-state index in [1.54, 1.807) is 6.07 Å². The molecule has 0 bridgehead atoms. The van der Waals surface area contributed by atoms with Crippen LogP contribution in [0, 0.1) is 6.92 Å². The van der Waals surface area contributed by atoms with Crippen molar-refractivity contribution in [3.05, 3.63) is 57.2 Å². The van der Waals surface area contributed by atoms with Gasteiger partial charge in [-0.15, -0.1) is 0 Å². The highest BCUT2D eigenvalue weighted by atomic mass is 19.4. The molecule has 1 aliphatic rings. The Morgan fingerprint density at radius 3 is 2.36 bits per heavy atom. The fourth-order valence-electron chi connectivity index (χ4n) is 4.53. The molecule has 2 heterocycles. The molecule has 0 radical (unpaired) electrons. The molecule has 176 valence electrons. The Hall–Kier alpha value is -3.00. The van der Waals surface area contributed by atoms with Crippen LogP contribution in [0.25, 0.3) is 22.3 Å². The van der Waals surface area contributed by atoms with Gasteiger partial charge in [0.2, 0.25) is 11.2 Å². The minimum absolute atomic E-state index is 0.0267. The molecule has 5 nitrogen and oxygen atoms in total. The molecule has 1 fully saturated rings. The molecule has 8 heteroatoms. The first-order chi connectivity index (χ1) is 15.6. The molecular formula is C25H26F3NO4. The molecule has 4 rings (SSSR count). The zero-order valence-corrected chi connectivity index (χ0v) is 19.0. The lowest BCUT2D eigenvalue weighted by atomic mass is 9.87. The second-order valence-electron chi connectivity index (χ2n) is 8.51. The van der Waals surface area contributed by atoms with Crippen LogP contribution in [0.3, 0.4) is 0 Å². The van der Waals surface area contributed by atoms with Crippen LogP contribution in [0.5, 0.6) is 11.5 Å². The van der Waals surface area contributed by atoms with Crippen molar-refractivity contribution in [1.82, 2.24) is 4.90 Å². The van der Waals surface area contributed by atoms with Gasteiger partial charge in [-0.05, 0) is 81.2 Å². The standard InChI is InChI=1S/C25H26F3NO4/c1-14-11-17(15-7-9-29(2)10-8-15)23-18(12-14)21(30)24(32-4)22(33-23)16-5-6-20(31-3)19(13-16)25(26,27)28/h5-6,11-13,15H,7-10H2,1-4H3. The molecule has 0 N–H and O–H groups in total. The number of likely N-dealkylation sites (tertiary alicyclic amines) is 1. The van der Waals surface area contributed by atoms with Gasteiger partial charge in [-0.25, -0.2) is 0 Å². The Bertz CT molecular complexity index is 1240. The number of hydrogen-bond acceptors (Lipinski definition) is 5. The fraction of sp³-hybridized carbons (Fsp3) is 0.400. The van der Waals surface area contributed by atoms with Crippen molar-refractivity contribution in [2.45, 2.75) is 31.9 Å². The highest BCUT2D eigenvalue weighted by Crippen LogP contribution is 2.42. The van der Waals surface area contributed by atoms with Crippen LogP contribution >= 0.6 is 0 Å². The molecular weight excluding hydrogens is 435 g/mol. The Morgan fingerprint density at radius 2 is 1.76 bits per heavy atom. The van der Waals surface area contributed by atoms with Crippen LogP contribution < -0.4 is 14.9 Å².